The number of rotatable bonds is 4. The average molecular weight is 292 g/mol. The number of nitriles is 1. The molecule has 3 atom stereocenters. The van der Waals surface area contributed by atoms with Gasteiger partial charge in [0.1, 0.15) is 6.54 Å². The van der Waals surface area contributed by atoms with E-state index in [0.29, 0.717) is 13.0 Å². The molecule has 2 aliphatic rings. The summed E-state index contributed by atoms with van der Waals surface area (Å²) in [6.45, 7) is 6.13. The lowest BCUT2D eigenvalue weighted by Gasteiger charge is -2.22. The summed E-state index contributed by atoms with van der Waals surface area (Å²) in [5.74, 6) is -0.0217. The molecule has 0 aliphatic carbocycles. The van der Waals surface area contributed by atoms with Crippen LogP contribution in [0.15, 0.2) is 0 Å². The molecule has 2 fully saturated rings. The van der Waals surface area contributed by atoms with Crippen molar-refractivity contribution in [3.8, 4) is 6.07 Å². The first-order chi connectivity index (χ1) is 10.1. The summed E-state index contributed by atoms with van der Waals surface area (Å²) < 4.78 is 0. The second-order valence-corrected chi connectivity index (χ2v) is 5.89. The van der Waals surface area contributed by atoms with Crippen LogP contribution in [0.25, 0.3) is 0 Å². The smallest absolute Gasteiger partial charge is 0.240 e. The van der Waals surface area contributed by atoms with E-state index >= 15 is 0 Å². The number of nitrogens with one attached hydrogen (secondary N) is 1. The average Bonchev–Trinajstić information content (AvgIpc) is 3.12. The lowest BCUT2D eigenvalue weighted by Crippen LogP contribution is -2.45. The minimum Gasteiger partial charge on any atom is -0.342 e. The third kappa shape index (κ3) is 3.35. The number of carbonyl (C=O) groups excluding carboxylic acids is 2. The Morgan fingerprint density at radius 1 is 1.38 bits per heavy atom. The minimum absolute atomic E-state index is 0.00726. The summed E-state index contributed by atoms with van der Waals surface area (Å²) in [5, 5.41) is 12.0. The topological polar surface area (TPSA) is 76.4 Å². The first kappa shape index (κ1) is 15.8. The molecule has 2 saturated heterocycles. The molecule has 6 heteroatoms. The van der Waals surface area contributed by atoms with Gasteiger partial charge in [0.15, 0.2) is 0 Å². The zero-order valence-electron chi connectivity index (χ0n) is 12.8. The number of nitrogens with zero attached hydrogens (tertiary/aromatic N) is 3. The van der Waals surface area contributed by atoms with Gasteiger partial charge in [0.2, 0.25) is 11.8 Å². The summed E-state index contributed by atoms with van der Waals surface area (Å²) in [4.78, 5) is 28.3. The highest BCUT2D eigenvalue weighted by Gasteiger charge is 2.41. The van der Waals surface area contributed by atoms with Gasteiger partial charge in [-0.05, 0) is 33.1 Å². The van der Waals surface area contributed by atoms with Gasteiger partial charge in [0, 0.05) is 25.7 Å². The maximum Gasteiger partial charge on any atom is 0.240 e. The molecule has 2 heterocycles. The Labute approximate surface area is 126 Å². The Bertz CT molecular complexity index is 439. The lowest BCUT2D eigenvalue weighted by molar-refractivity contribution is -0.134. The number of likely N-dealkylation sites (tertiary alicyclic amines) is 1. The van der Waals surface area contributed by atoms with Crippen LogP contribution in [0.5, 0.6) is 0 Å². The van der Waals surface area contributed by atoms with E-state index in [0.717, 1.165) is 25.9 Å². The van der Waals surface area contributed by atoms with Crippen molar-refractivity contribution in [2.45, 2.75) is 45.2 Å². The molecule has 0 unspecified atom stereocenters. The van der Waals surface area contributed by atoms with Crippen LogP contribution in [-0.4, -0.2) is 59.9 Å². The lowest BCUT2D eigenvalue weighted by atomic mass is 9.98. The maximum atomic E-state index is 12.5. The Morgan fingerprint density at radius 3 is 2.62 bits per heavy atom. The predicted octanol–water partition coefficient (Wildman–Crippen LogP) is 0.347. The molecule has 0 spiro atoms. The number of carbonyl (C=O) groups is 2. The quantitative estimate of drug-likeness (QED) is 0.758. The maximum absolute atomic E-state index is 12.5. The fourth-order valence-corrected chi connectivity index (χ4v) is 3.27. The molecule has 0 aromatic carbocycles. The Balaban J connectivity index is 1.98. The van der Waals surface area contributed by atoms with Crippen molar-refractivity contribution in [2.75, 3.05) is 26.2 Å². The second-order valence-electron chi connectivity index (χ2n) is 5.89. The van der Waals surface area contributed by atoms with Gasteiger partial charge in [0.05, 0.1) is 18.0 Å². The minimum atomic E-state index is -0.343. The van der Waals surface area contributed by atoms with Crippen molar-refractivity contribution in [3.63, 3.8) is 0 Å². The van der Waals surface area contributed by atoms with E-state index in [4.69, 9.17) is 5.26 Å². The van der Waals surface area contributed by atoms with E-state index in [2.05, 4.69) is 5.32 Å². The molecular weight excluding hydrogens is 268 g/mol. The van der Waals surface area contributed by atoms with Gasteiger partial charge in [0.25, 0.3) is 0 Å². The van der Waals surface area contributed by atoms with Crippen molar-refractivity contribution in [1.82, 2.24) is 15.1 Å². The molecule has 2 amide bonds. The van der Waals surface area contributed by atoms with E-state index in [1.54, 1.807) is 0 Å². The molecule has 2 rings (SSSR count). The zero-order chi connectivity index (χ0) is 15.4. The highest BCUT2D eigenvalue weighted by Crippen LogP contribution is 2.25. The van der Waals surface area contributed by atoms with Gasteiger partial charge < -0.3 is 15.1 Å². The van der Waals surface area contributed by atoms with Crippen LogP contribution in [0.1, 0.15) is 33.1 Å². The number of hydrogen-bond acceptors (Lipinski definition) is 4. The molecule has 6 nitrogen and oxygen atoms in total. The highest BCUT2D eigenvalue weighted by molar-refractivity contribution is 5.86. The van der Waals surface area contributed by atoms with Crippen LogP contribution >= 0.6 is 0 Å². The van der Waals surface area contributed by atoms with Crippen LogP contribution in [0, 0.1) is 17.2 Å². The SMILES string of the molecule is CCN(CC#N)C(=O)[C@@H]1C[C@H](C(=O)N2CCCC2)[C@H](C)N1. The fourth-order valence-electron chi connectivity index (χ4n) is 3.27. The summed E-state index contributed by atoms with van der Waals surface area (Å²) >= 11 is 0. The first-order valence-electron chi connectivity index (χ1n) is 7.79. The van der Waals surface area contributed by atoms with E-state index in [9.17, 15) is 9.59 Å². The second kappa shape index (κ2) is 6.90. The molecule has 0 bridgehead atoms. The largest absolute Gasteiger partial charge is 0.342 e. The molecule has 116 valence electrons. The Morgan fingerprint density at radius 2 is 2.05 bits per heavy atom. The normalized spacial score (nSPS) is 28.4. The van der Waals surface area contributed by atoms with Crippen LogP contribution in [0.3, 0.4) is 0 Å². The first-order valence-corrected chi connectivity index (χ1v) is 7.79. The van der Waals surface area contributed by atoms with E-state index in [1.807, 2.05) is 24.8 Å². The number of likely N-dealkylation sites (N-methyl/N-ethyl adjacent to an activating group) is 1. The molecule has 0 aromatic heterocycles. The Kier molecular flexibility index (Phi) is 5.18. The van der Waals surface area contributed by atoms with E-state index < -0.39 is 0 Å². The predicted molar refractivity (Wildman–Crippen MR) is 78.2 cm³/mol. The van der Waals surface area contributed by atoms with Crippen molar-refractivity contribution in [1.29, 1.82) is 5.26 Å². The number of hydrogen-bond donors (Lipinski definition) is 1. The highest BCUT2D eigenvalue weighted by atomic mass is 16.2. The van der Waals surface area contributed by atoms with Gasteiger partial charge in [-0.15, -0.1) is 0 Å². The summed E-state index contributed by atoms with van der Waals surface area (Å²) in [6, 6.07) is 1.68. The van der Waals surface area contributed by atoms with Crippen molar-refractivity contribution >= 4 is 11.8 Å². The molecule has 0 aromatic rings. The van der Waals surface area contributed by atoms with Crippen molar-refractivity contribution < 1.29 is 9.59 Å². The van der Waals surface area contributed by atoms with Crippen LogP contribution < -0.4 is 5.32 Å². The van der Waals surface area contributed by atoms with E-state index in [1.165, 1.54) is 4.90 Å². The third-order valence-electron chi connectivity index (χ3n) is 4.55. The monoisotopic (exact) mass is 292 g/mol. The van der Waals surface area contributed by atoms with Gasteiger partial charge >= 0.3 is 0 Å². The molecule has 0 radical (unpaired) electrons. The van der Waals surface area contributed by atoms with Crippen molar-refractivity contribution in [3.05, 3.63) is 0 Å². The number of amides is 2. The molecule has 1 N–H and O–H groups in total. The summed E-state index contributed by atoms with van der Waals surface area (Å²) in [5.41, 5.74) is 0. The van der Waals surface area contributed by atoms with Crippen LogP contribution in [0.4, 0.5) is 0 Å². The molecule has 2 aliphatic heterocycles. The molecular formula is C15H24N4O2. The fraction of sp³-hybridized carbons (Fsp3) is 0.800. The standard InChI is InChI=1S/C15H24N4O2/c1-3-18(9-6-16)15(21)13-10-12(11(2)17-13)14(20)19-7-4-5-8-19/h11-13,17H,3-5,7-10H2,1-2H3/t11-,12-,13-/m0/s1. The van der Waals surface area contributed by atoms with Crippen LogP contribution in [0.2, 0.25) is 0 Å². The van der Waals surface area contributed by atoms with Gasteiger partial charge in [-0.2, -0.15) is 5.26 Å². The van der Waals surface area contributed by atoms with Gasteiger partial charge in [-0.3, -0.25) is 9.59 Å². The van der Waals surface area contributed by atoms with E-state index in [-0.39, 0.29) is 36.4 Å². The van der Waals surface area contributed by atoms with Gasteiger partial charge in [-0.25, -0.2) is 0 Å². The summed E-state index contributed by atoms with van der Waals surface area (Å²) in [7, 11) is 0. The Hall–Kier alpha value is -1.61. The van der Waals surface area contributed by atoms with Crippen LogP contribution in [-0.2, 0) is 9.59 Å². The van der Waals surface area contributed by atoms with Gasteiger partial charge in [-0.1, -0.05) is 0 Å². The summed E-state index contributed by atoms with van der Waals surface area (Å²) in [6.07, 6.45) is 2.69. The third-order valence-corrected chi connectivity index (χ3v) is 4.55. The molecule has 0 saturated carbocycles. The molecule has 21 heavy (non-hydrogen) atoms. The zero-order valence-corrected chi connectivity index (χ0v) is 12.8. The van der Waals surface area contributed by atoms with Crippen molar-refractivity contribution in [2.24, 2.45) is 5.92 Å².